The number of aromatic amines is 1. The number of nitrogens with one attached hydrogen (secondary N) is 2. The normalized spacial score (nSPS) is 18.2. The summed E-state index contributed by atoms with van der Waals surface area (Å²) in [5, 5.41) is 9.84. The number of aromatic nitrogens is 2. The number of morpholine rings is 1. The monoisotopic (exact) mass is 300 g/mol. The summed E-state index contributed by atoms with van der Waals surface area (Å²) in [5.41, 5.74) is 3.13. The molecule has 116 valence electrons. The fraction of sp³-hybridized carbons (Fsp3) is 0.375. The zero-order valence-electron chi connectivity index (χ0n) is 12.6. The number of benzene rings is 1. The Labute approximate surface area is 129 Å². The lowest BCUT2D eigenvalue weighted by Gasteiger charge is -2.33. The highest BCUT2D eigenvalue weighted by atomic mass is 16.5. The van der Waals surface area contributed by atoms with Gasteiger partial charge < -0.3 is 15.0 Å². The van der Waals surface area contributed by atoms with Crippen LogP contribution in [0.15, 0.2) is 36.5 Å². The summed E-state index contributed by atoms with van der Waals surface area (Å²) in [6.07, 6.45) is 1.73. The molecule has 2 amide bonds. The minimum Gasteiger partial charge on any atom is -0.377 e. The van der Waals surface area contributed by atoms with Crippen LogP contribution in [0.2, 0.25) is 0 Å². The molecule has 2 heterocycles. The lowest BCUT2D eigenvalue weighted by Crippen LogP contribution is -2.51. The van der Waals surface area contributed by atoms with Crippen molar-refractivity contribution < 1.29 is 9.53 Å². The Morgan fingerprint density at radius 2 is 2.23 bits per heavy atom. The number of amides is 2. The SMILES string of the molecule is CC1COCCN1C(=O)NCc1ccc(-c2ccn[nH]2)cc1. The molecule has 6 heteroatoms. The third-order valence-electron chi connectivity index (χ3n) is 3.84. The predicted octanol–water partition coefficient (Wildman–Crippen LogP) is 2.01. The van der Waals surface area contributed by atoms with Crippen molar-refractivity contribution in [2.24, 2.45) is 0 Å². The summed E-state index contributed by atoms with van der Waals surface area (Å²) < 4.78 is 5.34. The Balaban J connectivity index is 1.56. The third kappa shape index (κ3) is 3.28. The van der Waals surface area contributed by atoms with Crippen LogP contribution in [0.4, 0.5) is 4.79 Å². The maximum atomic E-state index is 12.2. The topological polar surface area (TPSA) is 70.2 Å². The van der Waals surface area contributed by atoms with Gasteiger partial charge in [-0.15, -0.1) is 0 Å². The lowest BCUT2D eigenvalue weighted by molar-refractivity contribution is 0.0190. The van der Waals surface area contributed by atoms with E-state index in [2.05, 4.69) is 15.5 Å². The third-order valence-corrected chi connectivity index (χ3v) is 3.84. The van der Waals surface area contributed by atoms with Crippen LogP contribution in [-0.2, 0) is 11.3 Å². The van der Waals surface area contributed by atoms with Crippen molar-refractivity contribution in [3.63, 3.8) is 0 Å². The van der Waals surface area contributed by atoms with Gasteiger partial charge in [-0.25, -0.2) is 4.79 Å². The highest BCUT2D eigenvalue weighted by Gasteiger charge is 2.23. The number of carbonyl (C=O) groups excluding carboxylic acids is 1. The standard InChI is InChI=1S/C16H20N4O2/c1-12-11-22-9-8-20(12)16(21)17-10-13-2-4-14(5-3-13)15-6-7-18-19-15/h2-7,12H,8-11H2,1H3,(H,17,21)(H,18,19). The molecule has 1 atom stereocenters. The van der Waals surface area contributed by atoms with Crippen molar-refractivity contribution in [2.45, 2.75) is 19.5 Å². The van der Waals surface area contributed by atoms with E-state index in [4.69, 9.17) is 4.74 Å². The quantitative estimate of drug-likeness (QED) is 0.911. The van der Waals surface area contributed by atoms with Gasteiger partial charge in [-0.3, -0.25) is 5.10 Å². The van der Waals surface area contributed by atoms with Gasteiger partial charge in [0.1, 0.15) is 0 Å². The van der Waals surface area contributed by atoms with E-state index in [-0.39, 0.29) is 12.1 Å². The summed E-state index contributed by atoms with van der Waals surface area (Å²) in [7, 11) is 0. The second kappa shape index (κ2) is 6.62. The Hall–Kier alpha value is -2.34. The number of H-pyrrole nitrogens is 1. The number of hydrogen-bond acceptors (Lipinski definition) is 3. The van der Waals surface area contributed by atoms with Gasteiger partial charge in [0, 0.05) is 19.3 Å². The summed E-state index contributed by atoms with van der Waals surface area (Å²) in [6.45, 7) is 4.37. The second-order valence-corrected chi connectivity index (χ2v) is 5.44. The average molecular weight is 300 g/mol. The van der Waals surface area contributed by atoms with E-state index in [1.54, 1.807) is 6.20 Å². The maximum Gasteiger partial charge on any atom is 0.318 e. The number of urea groups is 1. The molecule has 1 aromatic carbocycles. The van der Waals surface area contributed by atoms with Gasteiger partial charge in [0.2, 0.25) is 0 Å². The molecule has 0 radical (unpaired) electrons. The minimum atomic E-state index is -0.0338. The van der Waals surface area contributed by atoms with Crippen molar-refractivity contribution in [1.29, 1.82) is 0 Å². The number of rotatable bonds is 3. The molecule has 0 bridgehead atoms. The zero-order valence-corrected chi connectivity index (χ0v) is 12.6. The van der Waals surface area contributed by atoms with E-state index in [0.29, 0.717) is 26.3 Å². The van der Waals surface area contributed by atoms with E-state index in [9.17, 15) is 4.79 Å². The number of hydrogen-bond donors (Lipinski definition) is 2. The lowest BCUT2D eigenvalue weighted by atomic mass is 10.1. The Bertz CT molecular complexity index is 610. The molecule has 1 fully saturated rings. The van der Waals surface area contributed by atoms with E-state index in [0.717, 1.165) is 16.8 Å². The van der Waals surface area contributed by atoms with Gasteiger partial charge in [0.15, 0.2) is 0 Å². The first-order valence-corrected chi connectivity index (χ1v) is 7.45. The average Bonchev–Trinajstić information content (AvgIpc) is 3.08. The summed E-state index contributed by atoms with van der Waals surface area (Å²) in [6, 6.07) is 10.1. The van der Waals surface area contributed by atoms with Crippen molar-refractivity contribution >= 4 is 6.03 Å². The minimum absolute atomic E-state index is 0.0338. The van der Waals surface area contributed by atoms with Crippen molar-refractivity contribution in [3.05, 3.63) is 42.1 Å². The Morgan fingerprint density at radius 3 is 2.91 bits per heavy atom. The molecule has 22 heavy (non-hydrogen) atoms. The van der Waals surface area contributed by atoms with Crippen LogP contribution in [0.5, 0.6) is 0 Å². The number of carbonyl (C=O) groups is 1. The van der Waals surface area contributed by atoms with Crippen LogP contribution in [0.25, 0.3) is 11.3 Å². The molecule has 0 aliphatic carbocycles. The first kappa shape index (κ1) is 14.6. The molecule has 1 aromatic heterocycles. The highest BCUT2D eigenvalue weighted by molar-refractivity contribution is 5.74. The zero-order chi connectivity index (χ0) is 15.4. The molecule has 1 unspecified atom stereocenters. The van der Waals surface area contributed by atoms with Gasteiger partial charge >= 0.3 is 6.03 Å². The maximum absolute atomic E-state index is 12.2. The van der Waals surface area contributed by atoms with Crippen molar-refractivity contribution in [1.82, 2.24) is 20.4 Å². The molecule has 1 aliphatic heterocycles. The fourth-order valence-corrected chi connectivity index (χ4v) is 2.53. The molecule has 3 rings (SSSR count). The molecule has 0 spiro atoms. The van der Waals surface area contributed by atoms with Gasteiger partial charge in [-0.1, -0.05) is 24.3 Å². The molecule has 2 N–H and O–H groups in total. The summed E-state index contributed by atoms with van der Waals surface area (Å²) in [5.74, 6) is 0. The van der Waals surface area contributed by atoms with Gasteiger partial charge in [-0.05, 0) is 24.1 Å². The first-order valence-electron chi connectivity index (χ1n) is 7.45. The van der Waals surface area contributed by atoms with Crippen molar-refractivity contribution in [3.8, 4) is 11.3 Å². The van der Waals surface area contributed by atoms with E-state index in [1.165, 1.54) is 0 Å². The smallest absolute Gasteiger partial charge is 0.318 e. The van der Waals surface area contributed by atoms with Gasteiger partial charge in [-0.2, -0.15) is 5.10 Å². The molecule has 1 aliphatic rings. The predicted molar refractivity (Wildman–Crippen MR) is 83.2 cm³/mol. The van der Waals surface area contributed by atoms with Crippen LogP contribution in [-0.4, -0.2) is 46.9 Å². The van der Waals surface area contributed by atoms with E-state index < -0.39 is 0 Å². The molecule has 1 saturated heterocycles. The van der Waals surface area contributed by atoms with Crippen LogP contribution < -0.4 is 5.32 Å². The highest BCUT2D eigenvalue weighted by Crippen LogP contribution is 2.16. The van der Waals surface area contributed by atoms with E-state index in [1.807, 2.05) is 42.2 Å². The van der Waals surface area contributed by atoms with Crippen LogP contribution >= 0.6 is 0 Å². The van der Waals surface area contributed by atoms with Gasteiger partial charge in [0.25, 0.3) is 0 Å². The summed E-state index contributed by atoms with van der Waals surface area (Å²) >= 11 is 0. The summed E-state index contributed by atoms with van der Waals surface area (Å²) in [4.78, 5) is 14.0. The van der Waals surface area contributed by atoms with Crippen LogP contribution in [0, 0.1) is 0 Å². The van der Waals surface area contributed by atoms with E-state index >= 15 is 0 Å². The fourth-order valence-electron chi connectivity index (χ4n) is 2.53. The largest absolute Gasteiger partial charge is 0.377 e. The number of nitrogens with zero attached hydrogens (tertiary/aromatic N) is 2. The van der Waals surface area contributed by atoms with Gasteiger partial charge in [0.05, 0.1) is 24.9 Å². The molecule has 2 aromatic rings. The first-order chi connectivity index (χ1) is 10.7. The molecular formula is C16H20N4O2. The number of ether oxygens (including phenoxy) is 1. The second-order valence-electron chi connectivity index (χ2n) is 5.44. The molecule has 0 saturated carbocycles. The Kier molecular flexibility index (Phi) is 4.39. The Morgan fingerprint density at radius 1 is 1.41 bits per heavy atom. The van der Waals surface area contributed by atoms with Crippen molar-refractivity contribution in [2.75, 3.05) is 19.8 Å². The van der Waals surface area contributed by atoms with Crippen LogP contribution in [0.3, 0.4) is 0 Å². The molecule has 6 nitrogen and oxygen atoms in total. The van der Waals surface area contributed by atoms with Crippen LogP contribution in [0.1, 0.15) is 12.5 Å². The molecular weight excluding hydrogens is 280 g/mol.